The lowest BCUT2D eigenvalue weighted by Gasteiger charge is -2.42. The number of phenolic OH excluding ortho intramolecular Hbond substituents is 1. The molecule has 1 aromatic rings. The Labute approximate surface area is 222 Å². The molecule has 0 spiro atoms. The zero-order chi connectivity index (χ0) is 26.0. The van der Waals surface area contributed by atoms with E-state index in [1.165, 1.54) is 13.2 Å². The molecule has 186 valence electrons. The molecule has 4 aliphatic rings. The molecule has 0 unspecified atom stereocenters. The quantitative estimate of drug-likeness (QED) is 0.301. The Kier molecular flexibility index (Phi) is 6.03. The summed E-state index contributed by atoms with van der Waals surface area (Å²) in [6.07, 6.45) is 2.26. The van der Waals surface area contributed by atoms with Crippen molar-refractivity contribution in [3.05, 3.63) is 55.5 Å². The number of hydrogen-bond donors (Lipinski definition) is 1. The van der Waals surface area contributed by atoms with E-state index in [4.69, 9.17) is 4.74 Å². The van der Waals surface area contributed by atoms with Crippen molar-refractivity contribution in [2.24, 2.45) is 17.8 Å². The number of likely N-dealkylation sites (tertiary alicyclic amines) is 1. The maximum Gasteiger partial charge on any atom is 0.423 e. The number of ether oxygens (including phenoxy) is 2. The zero-order valence-corrected chi connectivity index (χ0v) is 22.2. The Bertz CT molecular complexity index is 1370. The van der Waals surface area contributed by atoms with Crippen LogP contribution < -0.4 is 4.74 Å². The monoisotopic (exact) mass is 619 g/mol. The fourth-order valence-electron chi connectivity index (χ4n) is 5.77. The SMILES string of the molecule is COC(=O)N1C(=O)[C@H]2[C@H](CC=C3[C@H](c4cc(Br)c(O)c(OC)c4)C4=C(C[C@H]32)C(=O)C(Br)=CC4=O)C1=O. The zero-order valence-electron chi connectivity index (χ0n) is 19.0. The molecule has 36 heavy (non-hydrogen) atoms. The first-order valence-electron chi connectivity index (χ1n) is 11.0. The third-order valence-electron chi connectivity index (χ3n) is 7.29. The van der Waals surface area contributed by atoms with Gasteiger partial charge in [0.05, 0.1) is 35.0 Å². The van der Waals surface area contributed by atoms with E-state index in [2.05, 4.69) is 36.6 Å². The van der Waals surface area contributed by atoms with Crippen LogP contribution >= 0.6 is 31.9 Å². The van der Waals surface area contributed by atoms with Crippen LogP contribution in [0.1, 0.15) is 24.3 Å². The lowest BCUT2D eigenvalue weighted by atomic mass is 9.59. The van der Waals surface area contributed by atoms with Crippen LogP contribution in [0.2, 0.25) is 0 Å². The highest BCUT2D eigenvalue weighted by Gasteiger charge is 2.58. The fraction of sp³-hybridized carbons (Fsp3) is 0.320. The van der Waals surface area contributed by atoms with Crippen LogP contribution in [0.4, 0.5) is 4.79 Å². The second-order valence-electron chi connectivity index (χ2n) is 8.93. The lowest BCUT2D eigenvalue weighted by molar-refractivity contribution is -0.137. The van der Waals surface area contributed by atoms with Crippen molar-refractivity contribution in [1.82, 2.24) is 4.90 Å². The molecule has 0 radical (unpaired) electrons. The smallest absolute Gasteiger partial charge is 0.423 e. The van der Waals surface area contributed by atoms with Gasteiger partial charge in [0.15, 0.2) is 23.1 Å². The standard InChI is InChI=1S/C25H19Br2NO8/c1-35-17-6-9(5-14(26)22(17)31)18-10-3-4-11-19(24(33)28(23(11)32)25(34)36-2)12(10)7-13-20(18)16(29)8-15(27)21(13)30/h3,5-6,8,11-12,18-19,31H,4,7H2,1-2H3/t11-,12+,18-,19-/m0/s1. The number of phenols is 1. The topological polar surface area (TPSA) is 127 Å². The van der Waals surface area contributed by atoms with Gasteiger partial charge in [0, 0.05) is 23.1 Å². The first-order valence-corrected chi connectivity index (χ1v) is 12.6. The van der Waals surface area contributed by atoms with E-state index in [-0.39, 0.29) is 51.5 Å². The van der Waals surface area contributed by atoms with E-state index in [0.717, 1.165) is 7.11 Å². The average Bonchev–Trinajstić information content (AvgIpc) is 3.12. The second-order valence-corrected chi connectivity index (χ2v) is 10.6. The largest absolute Gasteiger partial charge is 0.503 e. The summed E-state index contributed by atoms with van der Waals surface area (Å²) in [6.45, 7) is 0. The number of benzene rings is 1. The van der Waals surface area contributed by atoms with Crippen molar-refractivity contribution in [2.45, 2.75) is 18.8 Å². The maximum absolute atomic E-state index is 13.3. The molecule has 3 aliphatic carbocycles. The predicted octanol–water partition coefficient (Wildman–Crippen LogP) is 3.69. The Morgan fingerprint density at radius 3 is 2.47 bits per heavy atom. The third-order valence-corrected chi connectivity index (χ3v) is 8.49. The molecule has 0 aromatic heterocycles. The third kappa shape index (κ3) is 3.43. The van der Waals surface area contributed by atoms with E-state index in [1.54, 1.807) is 12.1 Å². The number of rotatable bonds is 2. The van der Waals surface area contributed by atoms with Gasteiger partial charge in [-0.1, -0.05) is 11.6 Å². The van der Waals surface area contributed by atoms with Crippen molar-refractivity contribution in [3.8, 4) is 11.5 Å². The summed E-state index contributed by atoms with van der Waals surface area (Å²) in [5, 5.41) is 10.3. The molecule has 1 saturated heterocycles. The van der Waals surface area contributed by atoms with Crippen molar-refractivity contribution < 1.29 is 38.6 Å². The van der Waals surface area contributed by atoms with Crippen LogP contribution in [0.5, 0.6) is 11.5 Å². The number of carbonyl (C=O) groups excluding carboxylic acids is 5. The van der Waals surface area contributed by atoms with E-state index in [1.807, 2.05) is 6.08 Å². The van der Waals surface area contributed by atoms with Crippen LogP contribution in [0.25, 0.3) is 0 Å². The number of carbonyl (C=O) groups is 5. The highest BCUT2D eigenvalue weighted by atomic mass is 79.9. The number of halogens is 2. The number of methoxy groups -OCH3 is 2. The van der Waals surface area contributed by atoms with Crippen molar-refractivity contribution in [1.29, 1.82) is 0 Å². The number of amides is 3. The molecule has 3 amide bonds. The van der Waals surface area contributed by atoms with E-state index < -0.39 is 41.6 Å². The van der Waals surface area contributed by atoms with Crippen molar-refractivity contribution >= 4 is 61.3 Å². The second kappa shape index (κ2) is 8.81. The Morgan fingerprint density at radius 1 is 1.08 bits per heavy atom. The van der Waals surface area contributed by atoms with Gasteiger partial charge in [-0.3, -0.25) is 19.2 Å². The fourth-order valence-corrected chi connectivity index (χ4v) is 6.68. The summed E-state index contributed by atoms with van der Waals surface area (Å²) in [5.41, 5.74) is 1.80. The normalized spacial score (nSPS) is 27.3. The summed E-state index contributed by atoms with van der Waals surface area (Å²) in [6, 6.07) is 3.22. The molecular weight excluding hydrogens is 602 g/mol. The Hall–Kier alpha value is -3.05. The highest BCUT2D eigenvalue weighted by molar-refractivity contribution is 9.12. The molecule has 1 N–H and O–H groups in total. The van der Waals surface area contributed by atoms with Crippen LogP contribution in [-0.2, 0) is 23.9 Å². The summed E-state index contributed by atoms with van der Waals surface area (Å²) < 4.78 is 10.4. The van der Waals surface area contributed by atoms with E-state index in [0.29, 0.717) is 20.5 Å². The van der Waals surface area contributed by atoms with Gasteiger partial charge in [0.2, 0.25) is 11.8 Å². The van der Waals surface area contributed by atoms with E-state index >= 15 is 0 Å². The molecule has 0 bridgehead atoms. The lowest BCUT2D eigenvalue weighted by Crippen LogP contribution is -2.40. The number of Topliss-reactive ketones (excluding diaryl/α,β-unsaturated/α-hetero) is 1. The molecule has 11 heteroatoms. The number of nitrogens with zero attached hydrogens (tertiary/aromatic N) is 1. The summed E-state index contributed by atoms with van der Waals surface area (Å²) >= 11 is 6.49. The molecule has 5 rings (SSSR count). The van der Waals surface area contributed by atoms with Gasteiger partial charge in [-0.2, -0.15) is 4.90 Å². The Balaban J connectivity index is 1.71. The molecule has 1 aliphatic heterocycles. The Morgan fingerprint density at radius 2 is 1.81 bits per heavy atom. The molecular formula is C25H19Br2NO8. The van der Waals surface area contributed by atoms with Crippen LogP contribution in [-0.4, -0.2) is 53.7 Å². The van der Waals surface area contributed by atoms with Crippen LogP contribution in [0, 0.1) is 17.8 Å². The molecule has 1 fully saturated rings. The minimum atomic E-state index is -1.05. The maximum atomic E-state index is 13.3. The predicted molar refractivity (Wildman–Crippen MR) is 131 cm³/mol. The van der Waals surface area contributed by atoms with Gasteiger partial charge in [-0.15, -0.1) is 0 Å². The number of ketones is 2. The van der Waals surface area contributed by atoms with Crippen molar-refractivity contribution in [3.63, 3.8) is 0 Å². The number of aromatic hydroxyl groups is 1. The minimum Gasteiger partial charge on any atom is -0.503 e. The van der Waals surface area contributed by atoms with Crippen LogP contribution in [0.15, 0.2) is 50.0 Å². The first-order chi connectivity index (χ1) is 17.1. The average molecular weight is 621 g/mol. The summed E-state index contributed by atoms with van der Waals surface area (Å²) in [5.74, 6) is -4.99. The molecule has 9 nitrogen and oxygen atoms in total. The highest BCUT2D eigenvalue weighted by Crippen LogP contribution is 2.56. The first kappa shape index (κ1) is 24.6. The van der Waals surface area contributed by atoms with E-state index in [9.17, 15) is 29.1 Å². The van der Waals surface area contributed by atoms with Crippen LogP contribution in [0.3, 0.4) is 0 Å². The summed E-state index contributed by atoms with van der Waals surface area (Å²) in [4.78, 5) is 65.5. The van der Waals surface area contributed by atoms with Gasteiger partial charge in [0.1, 0.15) is 0 Å². The number of fused-ring (bicyclic) bond motifs is 3. The molecule has 1 heterocycles. The van der Waals surface area contributed by atoms with Gasteiger partial charge in [0.25, 0.3) is 0 Å². The van der Waals surface area contributed by atoms with Crippen molar-refractivity contribution in [2.75, 3.05) is 14.2 Å². The van der Waals surface area contributed by atoms with Gasteiger partial charge in [-0.05, 0) is 68.3 Å². The number of allylic oxidation sites excluding steroid dienone is 6. The summed E-state index contributed by atoms with van der Waals surface area (Å²) in [7, 11) is 2.48. The number of hydrogen-bond acceptors (Lipinski definition) is 8. The van der Waals surface area contributed by atoms with Gasteiger partial charge < -0.3 is 14.6 Å². The van der Waals surface area contributed by atoms with Gasteiger partial charge in [-0.25, -0.2) is 4.79 Å². The number of imide groups is 3. The van der Waals surface area contributed by atoms with Gasteiger partial charge >= 0.3 is 6.09 Å². The molecule has 4 atom stereocenters. The molecule has 1 aromatic carbocycles. The minimum absolute atomic E-state index is 0.0662. The molecule has 0 saturated carbocycles.